The molecule has 402 valence electrons. The van der Waals surface area contributed by atoms with Gasteiger partial charge in [0.05, 0.1) is 18.8 Å². The molecule has 0 spiro atoms. The predicted octanol–water partition coefficient (Wildman–Crippen LogP) is 19.4. The van der Waals surface area contributed by atoms with Gasteiger partial charge in [-0.1, -0.05) is 294 Å². The maximum atomic E-state index is 12.5. The van der Waals surface area contributed by atoms with Crippen LogP contribution in [0, 0.1) is 0 Å². The van der Waals surface area contributed by atoms with Crippen LogP contribution in [0.2, 0.25) is 0 Å². The van der Waals surface area contributed by atoms with Gasteiger partial charge in [-0.05, 0) is 70.6 Å². The fourth-order valence-corrected chi connectivity index (χ4v) is 9.73. The Morgan fingerprint density at radius 2 is 0.632 bits per heavy atom. The fourth-order valence-electron chi connectivity index (χ4n) is 9.73. The molecule has 0 aromatic carbocycles. The largest absolute Gasteiger partial charge is 0.394 e. The maximum absolute atomic E-state index is 12.5. The lowest BCUT2D eigenvalue weighted by Crippen LogP contribution is -2.50. The molecule has 0 aliphatic rings. The summed E-state index contributed by atoms with van der Waals surface area (Å²) in [6, 6.07) is -0.827. The van der Waals surface area contributed by atoms with Gasteiger partial charge in [0.1, 0.15) is 6.10 Å². The van der Waals surface area contributed by atoms with E-state index < -0.39 is 18.2 Å². The van der Waals surface area contributed by atoms with E-state index in [1.807, 2.05) is 0 Å². The summed E-state index contributed by atoms with van der Waals surface area (Å²) in [6.45, 7) is 4.21. The topological polar surface area (TPSA) is 89.8 Å². The number of nitrogens with one attached hydrogen (secondary N) is 1. The second-order valence-electron chi connectivity index (χ2n) is 21.3. The highest BCUT2D eigenvalue weighted by atomic mass is 16.3. The zero-order chi connectivity index (χ0) is 49.3. The summed E-state index contributed by atoms with van der Waals surface area (Å²) in [4.78, 5) is 12.5. The number of hydrogen-bond acceptors (Lipinski definition) is 4. The van der Waals surface area contributed by atoms with Gasteiger partial charge in [0.15, 0.2) is 0 Å². The highest BCUT2D eigenvalue weighted by Gasteiger charge is 2.26. The molecule has 5 heteroatoms. The van der Waals surface area contributed by atoms with Gasteiger partial charge < -0.3 is 20.6 Å². The molecule has 3 unspecified atom stereocenters. The Morgan fingerprint density at radius 1 is 0.368 bits per heavy atom. The number of aliphatic hydroxyl groups excluding tert-OH is 3. The van der Waals surface area contributed by atoms with Crippen LogP contribution in [0.4, 0.5) is 0 Å². The number of rotatable bonds is 57. The van der Waals surface area contributed by atoms with Crippen LogP contribution in [0.25, 0.3) is 0 Å². The maximum Gasteiger partial charge on any atom is 0.220 e. The Labute approximate surface area is 425 Å². The Bertz CT molecular complexity index is 1060. The van der Waals surface area contributed by atoms with Crippen LogP contribution in [0.15, 0.2) is 36.5 Å². The van der Waals surface area contributed by atoms with E-state index in [9.17, 15) is 20.1 Å². The Hall–Kier alpha value is -1.43. The van der Waals surface area contributed by atoms with Crippen molar-refractivity contribution in [2.45, 2.75) is 353 Å². The SMILES string of the molecule is CCCCCCCCCCC/C=C\C/C=C\CCCCCCCCCCCCCCCCCC(=O)NC(CO)C(O)C(O)CCC/C=C/CCCCCCCCCCCCCCCCCCCC. The van der Waals surface area contributed by atoms with E-state index in [2.05, 4.69) is 55.6 Å². The molecule has 0 aromatic rings. The summed E-state index contributed by atoms with van der Waals surface area (Å²) < 4.78 is 0. The van der Waals surface area contributed by atoms with Crippen molar-refractivity contribution >= 4 is 5.91 Å². The quantitative estimate of drug-likeness (QED) is 0.0361. The van der Waals surface area contributed by atoms with E-state index in [0.717, 1.165) is 44.9 Å². The summed E-state index contributed by atoms with van der Waals surface area (Å²) >= 11 is 0. The molecule has 4 N–H and O–H groups in total. The zero-order valence-corrected chi connectivity index (χ0v) is 46.0. The highest BCUT2D eigenvalue weighted by Crippen LogP contribution is 2.18. The normalized spacial score (nSPS) is 13.4. The summed E-state index contributed by atoms with van der Waals surface area (Å²) in [5.41, 5.74) is 0. The van der Waals surface area contributed by atoms with Crippen molar-refractivity contribution < 1.29 is 20.1 Å². The van der Waals surface area contributed by atoms with Crippen molar-refractivity contribution in [2.75, 3.05) is 6.61 Å². The van der Waals surface area contributed by atoms with Gasteiger partial charge in [0.2, 0.25) is 5.91 Å². The number of aliphatic hydroxyl groups is 3. The monoisotopic (exact) mass is 956 g/mol. The molecule has 1 amide bonds. The van der Waals surface area contributed by atoms with Crippen molar-refractivity contribution in [1.82, 2.24) is 5.32 Å². The third-order valence-electron chi connectivity index (χ3n) is 14.5. The minimum Gasteiger partial charge on any atom is -0.394 e. The second kappa shape index (κ2) is 58.1. The van der Waals surface area contributed by atoms with Gasteiger partial charge >= 0.3 is 0 Å². The molecule has 0 saturated heterocycles. The number of hydrogen-bond donors (Lipinski definition) is 4. The van der Waals surface area contributed by atoms with Crippen LogP contribution in [-0.2, 0) is 4.79 Å². The van der Waals surface area contributed by atoms with Gasteiger partial charge in [-0.15, -0.1) is 0 Å². The molecule has 0 fully saturated rings. The second-order valence-corrected chi connectivity index (χ2v) is 21.3. The van der Waals surface area contributed by atoms with Gasteiger partial charge in [-0.3, -0.25) is 4.79 Å². The molecule has 0 rings (SSSR count). The molecule has 0 bridgehead atoms. The smallest absolute Gasteiger partial charge is 0.220 e. The molecule has 5 nitrogen and oxygen atoms in total. The lowest BCUT2D eigenvalue weighted by molar-refractivity contribution is -0.124. The molecule has 68 heavy (non-hydrogen) atoms. The van der Waals surface area contributed by atoms with E-state index in [0.29, 0.717) is 12.8 Å². The molecular formula is C63H121NO4. The third kappa shape index (κ3) is 52.4. The van der Waals surface area contributed by atoms with Crippen LogP contribution >= 0.6 is 0 Å². The number of carbonyl (C=O) groups excluding carboxylic acids is 1. The van der Waals surface area contributed by atoms with Crippen molar-refractivity contribution in [1.29, 1.82) is 0 Å². The van der Waals surface area contributed by atoms with Gasteiger partial charge in [-0.25, -0.2) is 0 Å². The van der Waals surface area contributed by atoms with Crippen molar-refractivity contribution in [2.24, 2.45) is 0 Å². The van der Waals surface area contributed by atoms with Crippen molar-refractivity contribution in [3.63, 3.8) is 0 Å². The minimum absolute atomic E-state index is 0.150. The average Bonchev–Trinajstić information content (AvgIpc) is 3.34. The van der Waals surface area contributed by atoms with Crippen molar-refractivity contribution in [3.8, 4) is 0 Å². The van der Waals surface area contributed by atoms with Crippen molar-refractivity contribution in [3.05, 3.63) is 36.5 Å². The first-order chi connectivity index (χ1) is 33.6. The molecule has 0 radical (unpaired) electrons. The first-order valence-electron chi connectivity index (χ1n) is 30.8. The van der Waals surface area contributed by atoms with Crippen LogP contribution in [-0.4, -0.2) is 46.1 Å². The number of carbonyl (C=O) groups is 1. The Balaban J connectivity index is 3.54. The van der Waals surface area contributed by atoms with Crippen LogP contribution in [0.3, 0.4) is 0 Å². The standard InChI is InChI=1S/C63H121NO4/c1-3-5-7-9-11-13-15-17-19-21-23-25-27-28-29-30-31-32-33-34-36-38-40-42-44-46-48-50-52-54-56-58-62(67)64-60(59-65)63(68)61(66)57-55-53-51-49-47-45-43-41-39-37-35-26-24-22-20-18-16-14-12-10-8-6-4-2/h23,25,28-29,49,51,60-61,63,65-66,68H,3-22,24,26-27,30-48,50,52-59H2,1-2H3,(H,64,67)/b25-23-,29-28-,51-49+. The summed E-state index contributed by atoms with van der Waals surface area (Å²) in [6.07, 6.45) is 76.1. The fraction of sp³-hybridized carbons (Fsp3) is 0.889. The highest BCUT2D eigenvalue weighted by molar-refractivity contribution is 5.76. The van der Waals surface area contributed by atoms with E-state index in [1.54, 1.807) is 0 Å². The lowest BCUT2D eigenvalue weighted by Gasteiger charge is -2.26. The lowest BCUT2D eigenvalue weighted by atomic mass is 10.0. The zero-order valence-electron chi connectivity index (χ0n) is 46.0. The predicted molar refractivity (Wildman–Crippen MR) is 301 cm³/mol. The Kier molecular flexibility index (Phi) is 56.9. The van der Waals surface area contributed by atoms with E-state index in [1.165, 1.54) is 263 Å². The molecule has 0 aliphatic heterocycles. The Morgan fingerprint density at radius 3 is 0.941 bits per heavy atom. The molecule has 3 atom stereocenters. The number of allylic oxidation sites excluding steroid dienone is 6. The third-order valence-corrected chi connectivity index (χ3v) is 14.5. The molecule has 0 heterocycles. The van der Waals surface area contributed by atoms with Crippen LogP contribution in [0.1, 0.15) is 335 Å². The first-order valence-corrected chi connectivity index (χ1v) is 30.8. The summed E-state index contributed by atoms with van der Waals surface area (Å²) in [7, 11) is 0. The van der Waals surface area contributed by atoms with Gasteiger partial charge in [0, 0.05) is 6.42 Å². The number of amides is 1. The molecule has 0 aliphatic carbocycles. The minimum atomic E-state index is -1.16. The average molecular weight is 957 g/mol. The number of unbranched alkanes of at least 4 members (excludes halogenated alkanes) is 43. The van der Waals surface area contributed by atoms with Gasteiger partial charge in [0.25, 0.3) is 0 Å². The van der Waals surface area contributed by atoms with E-state index in [4.69, 9.17) is 0 Å². The van der Waals surface area contributed by atoms with E-state index >= 15 is 0 Å². The molecule has 0 saturated carbocycles. The summed E-state index contributed by atoms with van der Waals surface area (Å²) in [5.74, 6) is -0.150. The first kappa shape index (κ1) is 66.6. The van der Waals surface area contributed by atoms with Gasteiger partial charge in [-0.2, -0.15) is 0 Å². The summed E-state index contributed by atoms with van der Waals surface area (Å²) in [5, 5.41) is 33.8. The molecular weight excluding hydrogens is 835 g/mol. The van der Waals surface area contributed by atoms with E-state index in [-0.39, 0.29) is 12.5 Å². The molecule has 0 aromatic heterocycles. The van der Waals surface area contributed by atoms with Crippen LogP contribution in [0.5, 0.6) is 0 Å². The van der Waals surface area contributed by atoms with Crippen LogP contribution < -0.4 is 5.32 Å².